The summed E-state index contributed by atoms with van der Waals surface area (Å²) in [4.78, 5) is 35.4. The fourth-order valence-electron chi connectivity index (χ4n) is 3.27. The van der Waals surface area contributed by atoms with Gasteiger partial charge in [-0.3, -0.25) is 14.9 Å². The fourth-order valence-corrected chi connectivity index (χ4v) is 3.55. The highest BCUT2D eigenvalue weighted by molar-refractivity contribution is 6.33. The van der Waals surface area contributed by atoms with Crippen LogP contribution in [0.3, 0.4) is 0 Å². The number of aryl methyl sites for hydroxylation is 1. The largest absolute Gasteiger partial charge is 0.422 e. The van der Waals surface area contributed by atoms with E-state index in [1.54, 1.807) is 37.3 Å². The molecule has 1 N–H and O–H groups in total. The summed E-state index contributed by atoms with van der Waals surface area (Å²) in [5.74, 6) is -0.438. The van der Waals surface area contributed by atoms with E-state index < -0.39 is 16.5 Å². The Hall–Kier alpha value is -3.97. The Morgan fingerprint density at radius 3 is 2.52 bits per heavy atom. The van der Waals surface area contributed by atoms with Crippen LogP contribution < -0.4 is 10.9 Å². The number of amides is 1. The molecule has 7 nitrogen and oxygen atoms in total. The summed E-state index contributed by atoms with van der Waals surface area (Å²) >= 11 is 6.39. The third kappa shape index (κ3) is 4.04. The van der Waals surface area contributed by atoms with Gasteiger partial charge in [0.15, 0.2) is 0 Å². The number of carbonyl (C=O) groups excluding carboxylic acids is 1. The first-order chi connectivity index (χ1) is 14.8. The number of nitro benzene ring substituents is 1. The van der Waals surface area contributed by atoms with Gasteiger partial charge in [0, 0.05) is 33.8 Å². The quantitative estimate of drug-likeness (QED) is 0.256. The molecule has 0 saturated carbocycles. The van der Waals surface area contributed by atoms with Crippen LogP contribution in [0.25, 0.3) is 22.1 Å². The zero-order chi connectivity index (χ0) is 22.1. The van der Waals surface area contributed by atoms with E-state index in [1.807, 2.05) is 12.1 Å². The van der Waals surface area contributed by atoms with Gasteiger partial charge >= 0.3 is 5.63 Å². The van der Waals surface area contributed by atoms with E-state index in [1.165, 1.54) is 24.3 Å². The lowest BCUT2D eigenvalue weighted by Crippen LogP contribution is -2.12. The molecule has 31 heavy (non-hydrogen) atoms. The topological polar surface area (TPSA) is 102 Å². The number of nitro groups is 1. The van der Waals surface area contributed by atoms with Gasteiger partial charge in [0.2, 0.25) is 0 Å². The van der Waals surface area contributed by atoms with Crippen molar-refractivity contribution in [2.75, 3.05) is 5.32 Å². The zero-order valence-corrected chi connectivity index (χ0v) is 17.0. The number of hydrogen-bond donors (Lipinski definition) is 1. The van der Waals surface area contributed by atoms with E-state index in [-0.39, 0.29) is 16.3 Å². The molecule has 0 aliphatic rings. The molecule has 4 rings (SSSR count). The Morgan fingerprint density at radius 1 is 1.03 bits per heavy atom. The van der Waals surface area contributed by atoms with Crippen molar-refractivity contribution in [1.82, 2.24) is 0 Å². The molecule has 0 radical (unpaired) electrons. The second kappa shape index (κ2) is 8.04. The normalized spacial score (nSPS) is 10.8. The molecule has 0 fully saturated rings. The van der Waals surface area contributed by atoms with Gasteiger partial charge in [-0.2, -0.15) is 0 Å². The highest BCUT2D eigenvalue weighted by atomic mass is 35.5. The van der Waals surface area contributed by atoms with Crippen LogP contribution in [0.2, 0.25) is 5.02 Å². The van der Waals surface area contributed by atoms with Crippen molar-refractivity contribution in [2.24, 2.45) is 0 Å². The van der Waals surface area contributed by atoms with Gasteiger partial charge in [-0.25, -0.2) is 4.79 Å². The van der Waals surface area contributed by atoms with Gasteiger partial charge in [-0.05, 0) is 43.3 Å². The van der Waals surface area contributed by atoms with E-state index in [0.717, 1.165) is 5.39 Å². The highest BCUT2D eigenvalue weighted by Crippen LogP contribution is 2.30. The Balaban J connectivity index is 1.62. The van der Waals surface area contributed by atoms with Crippen LogP contribution in [0.15, 0.2) is 75.9 Å². The number of benzene rings is 3. The Kier molecular flexibility index (Phi) is 5.27. The lowest BCUT2D eigenvalue weighted by atomic mass is 10.1. The number of para-hydroxylation sites is 1. The molecule has 1 aromatic heterocycles. The Labute approximate surface area is 181 Å². The first-order valence-corrected chi connectivity index (χ1v) is 9.60. The number of rotatable bonds is 4. The molecule has 0 unspecified atom stereocenters. The predicted octanol–water partition coefficient (Wildman–Crippen LogP) is 5.58. The van der Waals surface area contributed by atoms with Crippen molar-refractivity contribution in [3.05, 3.63) is 103 Å². The lowest BCUT2D eigenvalue weighted by Gasteiger charge is -2.09. The molecule has 0 atom stereocenters. The van der Waals surface area contributed by atoms with Crippen LogP contribution in [0.1, 0.15) is 15.9 Å². The van der Waals surface area contributed by atoms with Crippen molar-refractivity contribution in [2.45, 2.75) is 6.92 Å². The molecule has 4 aromatic rings. The van der Waals surface area contributed by atoms with Crippen LogP contribution >= 0.6 is 11.6 Å². The van der Waals surface area contributed by atoms with Crippen LogP contribution in [0.4, 0.5) is 11.4 Å². The van der Waals surface area contributed by atoms with E-state index in [9.17, 15) is 19.7 Å². The number of anilines is 1. The van der Waals surface area contributed by atoms with Crippen molar-refractivity contribution in [3.8, 4) is 11.1 Å². The van der Waals surface area contributed by atoms with Crippen molar-refractivity contribution in [1.29, 1.82) is 0 Å². The molecular formula is C23H15ClN2O5. The monoisotopic (exact) mass is 434 g/mol. The van der Waals surface area contributed by atoms with Crippen LogP contribution in [-0.4, -0.2) is 10.8 Å². The van der Waals surface area contributed by atoms with Gasteiger partial charge in [0.1, 0.15) is 5.58 Å². The minimum atomic E-state index is -0.515. The second-order valence-corrected chi connectivity index (χ2v) is 7.30. The molecular weight excluding hydrogens is 420 g/mol. The molecule has 1 amide bonds. The summed E-state index contributed by atoms with van der Waals surface area (Å²) in [7, 11) is 0. The molecule has 0 spiro atoms. The number of hydrogen-bond acceptors (Lipinski definition) is 5. The average Bonchev–Trinajstić information content (AvgIpc) is 2.73. The van der Waals surface area contributed by atoms with Crippen LogP contribution in [-0.2, 0) is 0 Å². The number of fused-ring (bicyclic) bond motifs is 1. The van der Waals surface area contributed by atoms with Gasteiger partial charge in [0.25, 0.3) is 11.6 Å². The number of nitrogens with one attached hydrogen (secondary N) is 1. The molecule has 0 saturated heterocycles. The summed E-state index contributed by atoms with van der Waals surface area (Å²) in [6.07, 6.45) is 0. The Bertz CT molecular complexity index is 1410. The minimum absolute atomic E-state index is 0.0573. The van der Waals surface area contributed by atoms with Crippen molar-refractivity contribution in [3.63, 3.8) is 0 Å². The Morgan fingerprint density at radius 2 is 1.81 bits per heavy atom. The summed E-state index contributed by atoms with van der Waals surface area (Å²) in [6.45, 7) is 1.57. The van der Waals surface area contributed by atoms with E-state index in [0.29, 0.717) is 28.0 Å². The van der Waals surface area contributed by atoms with Gasteiger partial charge < -0.3 is 9.73 Å². The standard InChI is InChI=1S/C23H15ClN2O5/c1-13-10-15(6-9-20(13)26(29)30)22(27)25-16-7-8-17(19(24)12-16)18-11-14-4-2-3-5-21(14)31-23(18)28/h2-12H,1H3,(H,25,27). The van der Waals surface area contributed by atoms with Crippen LogP contribution in [0.5, 0.6) is 0 Å². The smallest absolute Gasteiger partial charge is 0.344 e. The summed E-state index contributed by atoms with van der Waals surface area (Å²) in [6, 6.07) is 17.8. The molecule has 1 heterocycles. The number of carbonyl (C=O) groups is 1. The third-order valence-corrected chi connectivity index (χ3v) is 5.13. The third-order valence-electron chi connectivity index (χ3n) is 4.81. The predicted molar refractivity (Wildman–Crippen MR) is 119 cm³/mol. The molecule has 3 aromatic carbocycles. The second-order valence-electron chi connectivity index (χ2n) is 6.89. The summed E-state index contributed by atoms with van der Waals surface area (Å²) < 4.78 is 5.36. The SMILES string of the molecule is Cc1cc(C(=O)Nc2ccc(-c3cc4ccccc4oc3=O)c(Cl)c2)ccc1[N+](=O)[O-]. The fraction of sp³-hybridized carbons (Fsp3) is 0.0435. The lowest BCUT2D eigenvalue weighted by molar-refractivity contribution is -0.385. The molecule has 0 bridgehead atoms. The average molecular weight is 435 g/mol. The number of halogens is 1. The van der Waals surface area contributed by atoms with Crippen molar-refractivity contribution < 1.29 is 14.1 Å². The summed E-state index contributed by atoms with van der Waals surface area (Å²) in [5, 5.41) is 14.7. The maximum atomic E-state index is 12.5. The molecule has 8 heteroatoms. The maximum Gasteiger partial charge on any atom is 0.344 e. The van der Waals surface area contributed by atoms with Crippen LogP contribution in [0, 0.1) is 17.0 Å². The molecule has 0 aliphatic carbocycles. The van der Waals surface area contributed by atoms with E-state index >= 15 is 0 Å². The van der Waals surface area contributed by atoms with Gasteiger partial charge in [0.05, 0.1) is 15.5 Å². The molecule has 154 valence electrons. The first kappa shape index (κ1) is 20.3. The van der Waals surface area contributed by atoms with E-state index in [2.05, 4.69) is 5.32 Å². The highest BCUT2D eigenvalue weighted by Gasteiger charge is 2.15. The minimum Gasteiger partial charge on any atom is -0.422 e. The van der Waals surface area contributed by atoms with Gasteiger partial charge in [-0.15, -0.1) is 0 Å². The number of nitrogens with zero attached hydrogens (tertiary/aromatic N) is 1. The van der Waals surface area contributed by atoms with Crippen molar-refractivity contribution >= 4 is 39.9 Å². The van der Waals surface area contributed by atoms with Gasteiger partial charge in [-0.1, -0.05) is 35.9 Å². The first-order valence-electron chi connectivity index (χ1n) is 9.23. The van der Waals surface area contributed by atoms with E-state index in [4.69, 9.17) is 16.0 Å². The maximum absolute atomic E-state index is 12.5. The molecule has 0 aliphatic heterocycles. The zero-order valence-electron chi connectivity index (χ0n) is 16.2. The summed E-state index contributed by atoms with van der Waals surface area (Å²) in [5.41, 5.74) is 1.77.